The highest BCUT2D eigenvalue weighted by atomic mass is 28.2. The van der Waals surface area contributed by atoms with Gasteiger partial charge in [-0.25, -0.2) is 0 Å². The van der Waals surface area contributed by atoms with Gasteiger partial charge in [-0.1, -0.05) is 66.9 Å². The maximum absolute atomic E-state index is 11.8. The van der Waals surface area contributed by atoms with Crippen LogP contribution in [0.15, 0.2) is 24.5 Å². The van der Waals surface area contributed by atoms with Gasteiger partial charge in [0.25, 0.3) is 5.69 Å². The van der Waals surface area contributed by atoms with E-state index in [2.05, 4.69) is 71.9 Å². The Labute approximate surface area is 226 Å². The molecule has 0 N–H and O–H groups in total. The molecule has 2 rings (SSSR count). The molecule has 0 spiro atoms. The molecule has 36 heavy (non-hydrogen) atoms. The lowest BCUT2D eigenvalue weighted by molar-refractivity contribution is -0.385. The molecule has 0 saturated heterocycles. The third-order valence-corrected chi connectivity index (χ3v) is 10.0. The summed E-state index contributed by atoms with van der Waals surface area (Å²) in [7, 11) is -2.76. The van der Waals surface area contributed by atoms with Gasteiger partial charge in [0.15, 0.2) is 39.1 Å². The van der Waals surface area contributed by atoms with Crippen LogP contribution >= 0.6 is 0 Å². The van der Waals surface area contributed by atoms with Gasteiger partial charge in [-0.05, 0) is 35.8 Å². The van der Waals surface area contributed by atoms with E-state index in [4.69, 9.17) is 17.7 Å². The van der Waals surface area contributed by atoms with E-state index in [-0.39, 0.29) is 51.8 Å². The van der Waals surface area contributed by atoms with Crippen LogP contribution in [0.5, 0.6) is 0 Å². The van der Waals surface area contributed by atoms with Gasteiger partial charge in [0, 0.05) is 17.0 Å². The van der Waals surface area contributed by atoms with Gasteiger partial charge in [-0.2, -0.15) is 0 Å². The van der Waals surface area contributed by atoms with Gasteiger partial charge in [0.05, 0.1) is 10.5 Å². The van der Waals surface area contributed by atoms with Crippen molar-refractivity contribution in [1.82, 2.24) is 4.98 Å². The van der Waals surface area contributed by atoms with E-state index >= 15 is 0 Å². The van der Waals surface area contributed by atoms with Crippen molar-refractivity contribution in [2.24, 2.45) is 28.6 Å². The molecule has 0 radical (unpaired) electrons. The first-order valence-corrected chi connectivity index (χ1v) is 21.2. The number of hydrogen-bond donors (Lipinski definition) is 0. The first-order chi connectivity index (χ1) is 17.0. The molecule has 1 aromatic heterocycles. The molecule has 0 aliphatic heterocycles. The summed E-state index contributed by atoms with van der Waals surface area (Å²) in [4.78, 5) is 15.5. The largest absolute Gasteiger partial charge is 0.400 e. The maximum atomic E-state index is 11.8. The number of nitrogens with zero attached hydrogens (tertiary/aromatic N) is 2. The number of rotatable bonds is 14. The predicted molar refractivity (Wildman–Crippen MR) is 157 cm³/mol. The maximum Gasteiger partial charge on any atom is 0.294 e. The van der Waals surface area contributed by atoms with Gasteiger partial charge in [-0.15, -0.1) is 0 Å². The first-order valence-electron chi connectivity index (χ1n) is 13.2. The molecule has 0 amide bonds. The average molecular weight is 571 g/mol. The van der Waals surface area contributed by atoms with Crippen molar-refractivity contribution in [2.75, 3.05) is 0 Å². The van der Waals surface area contributed by atoms with E-state index < -0.39 is 39.1 Å². The van der Waals surface area contributed by atoms with E-state index in [1.807, 2.05) is 0 Å². The summed E-state index contributed by atoms with van der Waals surface area (Å²) >= 11 is 0. The zero-order chi connectivity index (χ0) is 27.1. The highest BCUT2D eigenvalue weighted by Crippen LogP contribution is 2.55. The lowest BCUT2D eigenvalue weighted by Crippen LogP contribution is -2.53. The highest BCUT2D eigenvalue weighted by Gasteiger charge is 2.52. The Morgan fingerprint density at radius 2 is 1.47 bits per heavy atom. The number of aromatic nitrogens is 1. The molecular weight excluding hydrogens is 525 g/mol. The number of nitro groups is 1. The van der Waals surface area contributed by atoms with E-state index in [9.17, 15) is 10.1 Å². The van der Waals surface area contributed by atoms with Crippen LogP contribution in [0.3, 0.4) is 0 Å². The van der Waals surface area contributed by atoms with E-state index in [1.165, 1.54) is 6.20 Å². The smallest absolute Gasteiger partial charge is 0.294 e. The summed E-state index contributed by atoms with van der Waals surface area (Å²) in [6.45, 7) is 19.8. The summed E-state index contributed by atoms with van der Waals surface area (Å²) < 4.78 is 25.2. The summed E-state index contributed by atoms with van der Waals surface area (Å²) in [5, 5.41) is 11.8. The van der Waals surface area contributed by atoms with Crippen LogP contribution in [0.4, 0.5) is 5.69 Å². The Kier molecular flexibility index (Phi) is 11.9. The van der Waals surface area contributed by atoms with Crippen LogP contribution in [0.25, 0.3) is 5.57 Å². The predicted octanol–water partition coefficient (Wildman–Crippen LogP) is 2.94. The average Bonchev–Trinajstić information content (AvgIpc) is 2.83. The second-order valence-corrected chi connectivity index (χ2v) is 14.3. The van der Waals surface area contributed by atoms with Crippen molar-refractivity contribution < 1.29 is 22.6 Å². The molecular formula is C24H46N2O6Si4. The molecule has 1 heterocycles. The Morgan fingerprint density at radius 1 is 0.972 bits per heavy atom. The van der Waals surface area contributed by atoms with Crippen LogP contribution in [0, 0.1) is 38.7 Å². The SMILES string of the molecule is C[SiH2]OC(O[SiH2]C)C(C)(C)C1C=C(c2ccncc2[N+](=O)[O-])CC(C)C1C(C)(C)C(O[SiH2]C)O[SiH2]C. The number of allylic oxidation sites excluding steroid dienone is 2. The third-order valence-electron chi connectivity index (χ3n) is 7.47. The quantitative estimate of drug-likeness (QED) is 0.147. The minimum Gasteiger partial charge on any atom is -0.400 e. The fourth-order valence-electron chi connectivity index (χ4n) is 5.97. The molecule has 0 saturated carbocycles. The van der Waals surface area contributed by atoms with Crippen molar-refractivity contribution in [3.8, 4) is 0 Å². The fraction of sp³-hybridized carbons (Fsp3) is 0.708. The molecule has 1 aromatic rings. The first kappa shape index (κ1) is 31.2. The summed E-state index contributed by atoms with van der Waals surface area (Å²) in [5.74, 6) is 0.481. The zero-order valence-corrected chi connectivity index (χ0v) is 29.2. The molecule has 0 bridgehead atoms. The van der Waals surface area contributed by atoms with Crippen LogP contribution in [0.2, 0.25) is 26.2 Å². The molecule has 8 nitrogen and oxygen atoms in total. The topological polar surface area (TPSA) is 93.0 Å². The van der Waals surface area contributed by atoms with Crippen molar-refractivity contribution in [2.45, 2.75) is 79.8 Å². The van der Waals surface area contributed by atoms with Crippen LogP contribution in [0.1, 0.15) is 46.6 Å². The minimum absolute atomic E-state index is 0.0388. The number of pyridine rings is 1. The van der Waals surface area contributed by atoms with Crippen molar-refractivity contribution in [3.05, 3.63) is 40.2 Å². The second kappa shape index (κ2) is 13.7. The van der Waals surface area contributed by atoms with Gasteiger partial charge in [0.1, 0.15) is 18.8 Å². The molecule has 0 fully saturated rings. The molecule has 1 aliphatic rings. The fourth-order valence-corrected chi connectivity index (χ4v) is 9.67. The van der Waals surface area contributed by atoms with Crippen LogP contribution in [-0.4, -0.2) is 61.5 Å². The van der Waals surface area contributed by atoms with E-state index in [0.717, 1.165) is 12.0 Å². The van der Waals surface area contributed by atoms with E-state index in [1.54, 1.807) is 12.3 Å². The van der Waals surface area contributed by atoms with Crippen molar-refractivity contribution in [3.63, 3.8) is 0 Å². The number of hydrogen-bond acceptors (Lipinski definition) is 7. The Hall–Kier alpha value is -1.00. The Balaban J connectivity index is 2.73. The Bertz CT molecular complexity index is 889. The van der Waals surface area contributed by atoms with Crippen molar-refractivity contribution in [1.29, 1.82) is 0 Å². The van der Waals surface area contributed by atoms with Gasteiger partial charge in [0.2, 0.25) is 0 Å². The molecule has 3 atom stereocenters. The normalized spacial score (nSPS) is 24.0. The lowest BCUT2D eigenvalue weighted by atomic mass is 9.55. The summed E-state index contributed by atoms with van der Waals surface area (Å²) in [6, 6.07) is 1.77. The molecule has 1 aliphatic carbocycles. The zero-order valence-electron chi connectivity index (χ0n) is 23.6. The Morgan fingerprint density at radius 3 is 1.94 bits per heavy atom. The molecule has 3 unspecified atom stereocenters. The molecule has 0 aromatic carbocycles. The molecule has 12 heteroatoms. The molecule has 204 valence electrons. The van der Waals surface area contributed by atoms with E-state index in [0.29, 0.717) is 5.56 Å². The summed E-state index contributed by atoms with van der Waals surface area (Å²) in [5.41, 5.74) is 1.08. The minimum atomic E-state index is -0.705. The van der Waals surface area contributed by atoms with Gasteiger partial charge in [-0.3, -0.25) is 15.1 Å². The van der Waals surface area contributed by atoms with Crippen molar-refractivity contribution >= 4 is 50.3 Å². The summed E-state index contributed by atoms with van der Waals surface area (Å²) in [6.07, 6.45) is 5.45. The van der Waals surface area contributed by atoms with Gasteiger partial charge >= 0.3 is 0 Å². The van der Waals surface area contributed by atoms with Crippen LogP contribution < -0.4 is 0 Å². The highest BCUT2D eigenvalue weighted by molar-refractivity contribution is 6.26. The third kappa shape index (κ3) is 6.90. The monoisotopic (exact) mass is 570 g/mol. The van der Waals surface area contributed by atoms with Gasteiger partial charge < -0.3 is 17.7 Å². The standard InChI is InChI=1S/C24H46N2O6Si4/c1-15-12-16(17-10-11-25-14-19(17)26(27)28)13-18(23(2,3)21(29-33-6)30-34-7)20(15)24(4,5)22(31-35-8)32-36-9/h10-11,13-15,18,20-22H,12,33-36H2,1-9H3. The second-order valence-electron chi connectivity index (χ2n) is 10.7. The lowest BCUT2D eigenvalue weighted by Gasteiger charge is -2.54. The van der Waals surface area contributed by atoms with Crippen LogP contribution in [-0.2, 0) is 17.7 Å².